The fourth-order valence-corrected chi connectivity index (χ4v) is 2.46. The number of nitrogens with zero attached hydrogens (tertiary/aromatic N) is 3. The van der Waals surface area contributed by atoms with Crippen LogP contribution in [-0.4, -0.2) is 55.6 Å². The maximum atomic E-state index is 4.43. The molecule has 0 amide bonds. The van der Waals surface area contributed by atoms with Crippen LogP contribution in [-0.2, 0) is 12.8 Å². The van der Waals surface area contributed by atoms with Gasteiger partial charge in [-0.15, -0.1) is 35.3 Å². The van der Waals surface area contributed by atoms with E-state index in [-0.39, 0.29) is 29.5 Å². The quantitative estimate of drug-likeness (QED) is 0.389. The molecule has 0 atom stereocenters. The molecule has 0 unspecified atom stereocenters. The number of aliphatic imine (C=N–C) groups is 1. The predicted molar refractivity (Wildman–Crippen MR) is 108 cm³/mol. The van der Waals surface area contributed by atoms with E-state index in [9.17, 15) is 0 Å². The molecule has 1 rings (SSSR count). The predicted octanol–water partition coefficient (Wildman–Crippen LogP) is 2.37. The van der Waals surface area contributed by atoms with Crippen molar-refractivity contribution in [3.63, 3.8) is 0 Å². The van der Waals surface area contributed by atoms with Crippen molar-refractivity contribution in [3.05, 3.63) is 16.1 Å². The lowest BCUT2D eigenvalue weighted by Crippen LogP contribution is -2.51. The van der Waals surface area contributed by atoms with Gasteiger partial charge in [0.05, 0.1) is 5.01 Å². The van der Waals surface area contributed by atoms with Gasteiger partial charge in [0.25, 0.3) is 0 Å². The molecule has 0 saturated carbocycles. The molecule has 0 aliphatic rings. The van der Waals surface area contributed by atoms with Crippen LogP contribution >= 0.6 is 35.3 Å². The van der Waals surface area contributed by atoms with Crippen LogP contribution in [0.4, 0.5) is 0 Å². The van der Waals surface area contributed by atoms with Gasteiger partial charge in [-0.1, -0.05) is 6.92 Å². The van der Waals surface area contributed by atoms with E-state index in [1.165, 1.54) is 9.88 Å². The minimum Gasteiger partial charge on any atom is -0.356 e. The molecule has 0 saturated heterocycles. The molecule has 0 spiro atoms. The number of nitrogens with one attached hydrogen (secondary N) is 2. The number of aryl methyl sites for hydroxylation is 1. The lowest BCUT2D eigenvalue weighted by Gasteiger charge is -2.33. The summed E-state index contributed by atoms with van der Waals surface area (Å²) in [5, 5.41) is 7.90. The normalized spacial score (nSPS) is 12.2. The molecule has 7 heteroatoms. The van der Waals surface area contributed by atoms with E-state index >= 15 is 0 Å². The first kappa shape index (κ1) is 21.6. The minimum atomic E-state index is 0. The highest BCUT2D eigenvalue weighted by Crippen LogP contribution is 2.13. The van der Waals surface area contributed by atoms with Crippen LogP contribution < -0.4 is 10.6 Å². The summed E-state index contributed by atoms with van der Waals surface area (Å²) in [6.45, 7) is 8.26. The molecule has 1 heterocycles. The summed E-state index contributed by atoms with van der Waals surface area (Å²) < 4.78 is 0. The van der Waals surface area contributed by atoms with Crippen LogP contribution in [0.15, 0.2) is 11.2 Å². The maximum Gasteiger partial charge on any atom is 0.191 e. The molecular weight excluding hydrogens is 409 g/mol. The van der Waals surface area contributed by atoms with Gasteiger partial charge in [-0.25, -0.2) is 4.98 Å². The van der Waals surface area contributed by atoms with E-state index < -0.39 is 0 Å². The largest absolute Gasteiger partial charge is 0.356 e. The zero-order valence-electron chi connectivity index (χ0n) is 14.6. The second kappa shape index (κ2) is 10.4. The highest BCUT2D eigenvalue weighted by molar-refractivity contribution is 14.0. The third kappa shape index (κ3) is 7.23. The van der Waals surface area contributed by atoms with Crippen molar-refractivity contribution in [1.82, 2.24) is 20.5 Å². The molecule has 0 aliphatic carbocycles. The Kier molecular flexibility index (Phi) is 10.2. The van der Waals surface area contributed by atoms with Gasteiger partial charge in [-0.2, -0.15) is 0 Å². The molecule has 1 aromatic rings. The van der Waals surface area contributed by atoms with Crippen molar-refractivity contribution in [3.8, 4) is 0 Å². The second-order valence-corrected chi connectivity index (χ2v) is 7.08. The number of guanidine groups is 1. The fourth-order valence-electron chi connectivity index (χ4n) is 1.59. The van der Waals surface area contributed by atoms with E-state index in [0.717, 1.165) is 31.9 Å². The number of hydrogen-bond acceptors (Lipinski definition) is 4. The summed E-state index contributed by atoms with van der Waals surface area (Å²) in [6.07, 6.45) is 3.98. The Morgan fingerprint density at radius 1 is 1.36 bits per heavy atom. The lowest BCUT2D eigenvalue weighted by molar-refractivity contribution is 0.197. The Morgan fingerprint density at radius 3 is 2.55 bits per heavy atom. The van der Waals surface area contributed by atoms with Crippen LogP contribution in [0.2, 0.25) is 0 Å². The molecule has 5 nitrogen and oxygen atoms in total. The van der Waals surface area contributed by atoms with E-state index in [1.807, 2.05) is 6.20 Å². The third-order valence-corrected chi connectivity index (χ3v) is 4.91. The number of likely N-dealkylation sites (N-methyl/N-ethyl adjacent to an activating group) is 1. The van der Waals surface area contributed by atoms with Crippen molar-refractivity contribution in [2.24, 2.45) is 4.99 Å². The van der Waals surface area contributed by atoms with Gasteiger partial charge in [0.15, 0.2) is 5.96 Å². The third-order valence-electron chi connectivity index (χ3n) is 3.70. The number of rotatable bonds is 7. The van der Waals surface area contributed by atoms with Crippen LogP contribution in [0.3, 0.4) is 0 Å². The molecule has 128 valence electrons. The minimum absolute atomic E-state index is 0. The molecule has 2 N–H and O–H groups in total. The van der Waals surface area contributed by atoms with Crippen LogP contribution in [0.1, 0.15) is 30.7 Å². The average molecular weight is 439 g/mol. The molecule has 0 fully saturated rings. The van der Waals surface area contributed by atoms with Gasteiger partial charge < -0.3 is 15.5 Å². The van der Waals surface area contributed by atoms with Crippen molar-refractivity contribution in [1.29, 1.82) is 0 Å². The standard InChI is InChI=1S/C15H29N5S.HI/c1-7-12-10-18-13(21-12)8-9-17-14(16-4)19-11-15(2,3)20(5)6;/h10H,7-9,11H2,1-6H3,(H2,16,17,19);1H. The lowest BCUT2D eigenvalue weighted by atomic mass is 10.0. The number of hydrogen-bond donors (Lipinski definition) is 2. The van der Waals surface area contributed by atoms with Crippen molar-refractivity contribution in [2.75, 3.05) is 34.2 Å². The van der Waals surface area contributed by atoms with Gasteiger partial charge >= 0.3 is 0 Å². The topological polar surface area (TPSA) is 52.6 Å². The van der Waals surface area contributed by atoms with E-state index in [2.05, 4.69) is 60.4 Å². The first-order chi connectivity index (χ1) is 9.89. The monoisotopic (exact) mass is 439 g/mol. The molecular formula is C15H30IN5S. The number of aromatic nitrogens is 1. The molecule has 0 bridgehead atoms. The molecule has 0 aromatic carbocycles. The average Bonchev–Trinajstić information content (AvgIpc) is 2.90. The van der Waals surface area contributed by atoms with Crippen molar-refractivity contribution >= 4 is 41.3 Å². The highest BCUT2D eigenvalue weighted by Gasteiger charge is 2.20. The smallest absolute Gasteiger partial charge is 0.191 e. The fraction of sp³-hybridized carbons (Fsp3) is 0.733. The van der Waals surface area contributed by atoms with E-state index in [1.54, 1.807) is 18.4 Å². The van der Waals surface area contributed by atoms with Gasteiger partial charge in [0.1, 0.15) is 0 Å². The summed E-state index contributed by atoms with van der Waals surface area (Å²) in [7, 11) is 5.98. The van der Waals surface area contributed by atoms with Crippen LogP contribution in [0.5, 0.6) is 0 Å². The number of halogens is 1. The molecule has 1 aromatic heterocycles. The summed E-state index contributed by atoms with van der Waals surface area (Å²) >= 11 is 1.80. The number of thiazole rings is 1. The van der Waals surface area contributed by atoms with Gasteiger partial charge in [-0.3, -0.25) is 4.99 Å². The van der Waals surface area contributed by atoms with Gasteiger partial charge in [0.2, 0.25) is 0 Å². The zero-order valence-corrected chi connectivity index (χ0v) is 17.7. The summed E-state index contributed by atoms with van der Waals surface area (Å²) in [5.74, 6) is 0.845. The van der Waals surface area contributed by atoms with Crippen LogP contribution in [0.25, 0.3) is 0 Å². The van der Waals surface area contributed by atoms with Gasteiger partial charge in [-0.05, 0) is 34.4 Å². The van der Waals surface area contributed by atoms with E-state index in [4.69, 9.17) is 0 Å². The summed E-state index contributed by atoms with van der Waals surface area (Å²) in [4.78, 5) is 12.2. The Morgan fingerprint density at radius 2 is 2.05 bits per heavy atom. The summed E-state index contributed by atoms with van der Waals surface area (Å²) in [5.41, 5.74) is 0.0863. The maximum absolute atomic E-state index is 4.43. The highest BCUT2D eigenvalue weighted by atomic mass is 127. The summed E-state index contributed by atoms with van der Waals surface area (Å²) in [6, 6.07) is 0. The molecule has 0 aliphatic heterocycles. The Hall–Kier alpha value is -0.410. The van der Waals surface area contributed by atoms with Gasteiger partial charge in [0, 0.05) is 43.2 Å². The Labute approximate surface area is 156 Å². The zero-order chi connectivity index (χ0) is 15.9. The van der Waals surface area contributed by atoms with Crippen molar-refractivity contribution < 1.29 is 0 Å². The van der Waals surface area contributed by atoms with Crippen LogP contribution in [0, 0.1) is 0 Å². The first-order valence-electron chi connectivity index (χ1n) is 7.44. The SMILES string of the molecule is CCc1cnc(CCNC(=NC)NCC(C)(C)N(C)C)s1.I. The Balaban J connectivity index is 0.00000441. The second-order valence-electron chi connectivity index (χ2n) is 5.88. The van der Waals surface area contributed by atoms with E-state index in [0.29, 0.717) is 0 Å². The molecule has 0 radical (unpaired) electrons. The first-order valence-corrected chi connectivity index (χ1v) is 8.26. The van der Waals surface area contributed by atoms with Crippen molar-refractivity contribution in [2.45, 2.75) is 39.2 Å². The molecule has 22 heavy (non-hydrogen) atoms. The Bertz CT molecular complexity index is 457.